The van der Waals surface area contributed by atoms with Gasteiger partial charge in [-0.25, -0.2) is 0 Å². The molecule has 0 radical (unpaired) electrons. The zero-order valence-electron chi connectivity index (χ0n) is 25.7. The minimum Gasteiger partial charge on any atom is -0.494 e. The maximum absolute atomic E-state index is 5.85. The molecule has 218 valence electrons. The lowest BCUT2D eigenvalue weighted by atomic mass is 9.95. The molecule has 0 aliphatic rings. The van der Waals surface area contributed by atoms with E-state index in [-0.39, 0.29) is 0 Å². The van der Waals surface area contributed by atoms with Crippen molar-refractivity contribution in [2.24, 2.45) is 0 Å². The molecule has 3 nitrogen and oxygen atoms in total. The minimum atomic E-state index is 0.718. The molecule has 0 heterocycles. The van der Waals surface area contributed by atoms with E-state index in [1.165, 1.54) is 11.1 Å². The lowest BCUT2D eigenvalue weighted by Gasteiger charge is -2.26. The van der Waals surface area contributed by atoms with Gasteiger partial charge in [-0.2, -0.15) is 0 Å². The number of ether oxygens (including phenoxy) is 2. The molecule has 5 rings (SSSR count). The van der Waals surface area contributed by atoms with Gasteiger partial charge in [0.15, 0.2) is 0 Å². The molecule has 0 saturated carbocycles. The Hall–Kier alpha value is -4.76. The van der Waals surface area contributed by atoms with E-state index in [0.717, 1.165) is 76.9 Å². The van der Waals surface area contributed by atoms with Crippen LogP contribution in [0.5, 0.6) is 11.5 Å². The summed E-state index contributed by atoms with van der Waals surface area (Å²) in [5.74, 6) is 1.79. The Morgan fingerprint density at radius 3 is 1.26 bits per heavy atom. The summed E-state index contributed by atoms with van der Waals surface area (Å²) in [5.41, 5.74) is 10.4. The average Bonchev–Trinajstić information content (AvgIpc) is 3.05. The van der Waals surface area contributed by atoms with Crippen molar-refractivity contribution in [1.29, 1.82) is 0 Å². The standard InChI is InChI=1S/C40H41NO2/c1-5-27-42-38-23-13-33(14-24-38)40(34-15-25-39(26-16-34)43-28-6-2)29-32-11-21-37(22-12-32)41(35-17-7-30(3)8-18-35)36-19-9-31(4)10-20-36/h7-26,29H,5-6,27-28H2,1-4H3. The first-order chi connectivity index (χ1) is 21.0. The number of benzene rings is 5. The monoisotopic (exact) mass is 567 g/mol. The molecule has 0 fully saturated rings. The second-order valence-electron chi connectivity index (χ2n) is 10.9. The molecular weight excluding hydrogens is 526 g/mol. The molecule has 0 N–H and O–H groups in total. The van der Waals surface area contributed by atoms with Crippen LogP contribution in [0.1, 0.15) is 54.5 Å². The Bertz CT molecular complexity index is 1500. The highest BCUT2D eigenvalue weighted by atomic mass is 16.5. The SMILES string of the molecule is CCCOc1ccc(C(=Cc2ccc(N(c3ccc(C)cc3)c3ccc(C)cc3)cc2)c2ccc(OCCC)cc2)cc1. The van der Waals surface area contributed by atoms with Crippen molar-refractivity contribution in [3.63, 3.8) is 0 Å². The van der Waals surface area contributed by atoms with Crippen molar-refractivity contribution in [1.82, 2.24) is 0 Å². The molecular formula is C40H41NO2. The number of hydrogen-bond acceptors (Lipinski definition) is 3. The largest absolute Gasteiger partial charge is 0.494 e. The summed E-state index contributed by atoms with van der Waals surface area (Å²) in [7, 11) is 0. The zero-order chi connectivity index (χ0) is 30.0. The second kappa shape index (κ2) is 14.4. The lowest BCUT2D eigenvalue weighted by Crippen LogP contribution is -2.09. The molecule has 0 aliphatic carbocycles. The van der Waals surface area contributed by atoms with Gasteiger partial charge in [-0.05, 0) is 116 Å². The van der Waals surface area contributed by atoms with Crippen molar-refractivity contribution >= 4 is 28.7 Å². The smallest absolute Gasteiger partial charge is 0.119 e. The van der Waals surface area contributed by atoms with Crippen molar-refractivity contribution in [3.05, 3.63) is 149 Å². The van der Waals surface area contributed by atoms with Crippen LogP contribution in [-0.4, -0.2) is 13.2 Å². The van der Waals surface area contributed by atoms with E-state index in [1.807, 2.05) is 0 Å². The van der Waals surface area contributed by atoms with Crippen molar-refractivity contribution in [2.45, 2.75) is 40.5 Å². The summed E-state index contributed by atoms with van der Waals surface area (Å²) < 4.78 is 11.7. The number of hydrogen-bond donors (Lipinski definition) is 0. The van der Waals surface area contributed by atoms with E-state index in [4.69, 9.17) is 9.47 Å². The maximum atomic E-state index is 5.85. The Kier molecular flexibility index (Phi) is 9.97. The average molecular weight is 568 g/mol. The van der Waals surface area contributed by atoms with E-state index >= 15 is 0 Å². The predicted octanol–water partition coefficient (Wildman–Crippen LogP) is 10.9. The van der Waals surface area contributed by atoms with Gasteiger partial charge in [-0.15, -0.1) is 0 Å². The molecule has 43 heavy (non-hydrogen) atoms. The number of nitrogens with zero attached hydrogens (tertiary/aromatic N) is 1. The predicted molar refractivity (Wildman–Crippen MR) is 182 cm³/mol. The van der Waals surface area contributed by atoms with Crippen LogP contribution in [0.3, 0.4) is 0 Å². The first-order valence-electron chi connectivity index (χ1n) is 15.3. The van der Waals surface area contributed by atoms with E-state index in [9.17, 15) is 0 Å². The molecule has 0 bridgehead atoms. The van der Waals surface area contributed by atoms with Crippen molar-refractivity contribution in [2.75, 3.05) is 18.1 Å². The summed E-state index contributed by atoms with van der Waals surface area (Å²) in [6, 6.07) is 43.0. The van der Waals surface area contributed by atoms with Crippen LogP contribution in [0, 0.1) is 13.8 Å². The summed E-state index contributed by atoms with van der Waals surface area (Å²) in [5, 5.41) is 0. The fourth-order valence-electron chi connectivity index (χ4n) is 4.96. The molecule has 0 unspecified atom stereocenters. The Balaban J connectivity index is 1.50. The second-order valence-corrected chi connectivity index (χ2v) is 10.9. The molecule has 0 amide bonds. The third kappa shape index (κ3) is 7.75. The molecule has 0 atom stereocenters. The molecule has 0 aromatic heterocycles. The van der Waals surface area contributed by atoms with Crippen LogP contribution in [0.2, 0.25) is 0 Å². The van der Waals surface area contributed by atoms with E-state index in [0.29, 0.717) is 0 Å². The van der Waals surface area contributed by atoms with Crippen LogP contribution in [-0.2, 0) is 0 Å². The van der Waals surface area contributed by atoms with Crippen LogP contribution >= 0.6 is 0 Å². The Morgan fingerprint density at radius 1 is 0.512 bits per heavy atom. The van der Waals surface area contributed by atoms with E-state index in [1.54, 1.807) is 0 Å². The fourth-order valence-corrected chi connectivity index (χ4v) is 4.96. The number of aryl methyl sites for hydroxylation is 2. The Morgan fingerprint density at radius 2 is 0.884 bits per heavy atom. The van der Waals surface area contributed by atoms with Crippen LogP contribution in [0.4, 0.5) is 17.1 Å². The first kappa shape index (κ1) is 29.7. The molecule has 5 aromatic carbocycles. The highest BCUT2D eigenvalue weighted by molar-refractivity contribution is 5.92. The zero-order valence-corrected chi connectivity index (χ0v) is 25.7. The molecule has 3 heteroatoms. The van der Waals surface area contributed by atoms with Crippen molar-refractivity contribution in [3.8, 4) is 11.5 Å². The van der Waals surface area contributed by atoms with E-state index < -0.39 is 0 Å². The van der Waals surface area contributed by atoms with Crippen LogP contribution < -0.4 is 14.4 Å². The van der Waals surface area contributed by atoms with E-state index in [2.05, 4.69) is 160 Å². The normalized spacial score (nSPS) is 10.7. The third-order valence-electron chi connectivity index (χ3n) is 7.32. The fraction of sp³-hybridized carbons (Fsp3) is 0.200. The van der Waals surface area contributed by atoms with Gasteiger partial charge in [0.25, 0.3) is 0 Å². The van der Waals surface area contributed by atoms with Crippen LogP contribution in [0.25, 0.3) is 11.6 Å². The summed E-state index contributed by atoms with van der Waals surface area (Å²) in [6.07, 6.45) is 4.23. The summed E-state index contributed by atoms with van der Waals surface area (Å²) in [4.78, 5) is 2.30. The summed E-state index contributed by atoms with van der Waals surface area (Å²) in [6.45, 7) is 9.92. The van der Waals surface area contributed by atoms with Gasteiger partial charge in [-0.1, -0.05) is 85.6 Å². The molecule has 5 aromatic rings. The van der Waals surface area contributed by atoms with Gasteiger partial charge in [0.1, 0.15) is 11.5 Å². The maximum Gasteiger partial charge on any atom is 0.119 e. The third-order valence-corrected chi connectivity index (χ3v) is 7.32. The highest BCUT2D eigenvalue weighted by Crippen LogP contribution is 2.36. The minimum absolute atomic E-state index is 0.718. The topological polar surface area (TPSA) is 21.7 Å². The van der Waals surface area contributed by atoms with Gasteiger partial charge in [0, 0.05) is 17.1 Å². The van der Waals surface area contributed by atoms with Gasteiger partial charge in [0.05, 0.1) is 13.2 Å². The van der Waals surface area contributed by atoms with Gasteiger partial charge in [0.2, 0.25) is 0 Å². The highest BCUT2D eigenvalue weighted by Gasteiger charge is 2.13. The van der Waals surface area contributed by atoms with Crippen LogP contribution in [0.15, 0.2) is 121 Å². The molecule has 0 spiro atoms. The number of anilines is 3. The number of rotatable bonds is 12. The van der Waals surface area contributed by atoms with Crippen molar-refractivity contribution < 1.29 is 9.47 Å². The van der Waals surface area contributed by atoms with Gasteiger partial charge < -0.3 is 14.4 Å². The van der Waals surface area contributed by atoms with Gasteiger partial charge in [-0.3, -0.25) is 0 Å². The first-order valence-corrected chi connectivity index (χ1v) is 15.3. The Labute approximate surface area is 257 Å². The molecule has 0 saturated heterocycles. The quantitative estimate of drug-likeness (QED) is 0.140. The molecule has 0 aliphatic heterocycles. The van der Waals surface area contributed by atoms with Gasteiger partial charge >= 0.3 is 0 Å². The summed E-state index contributed by atoms with van der Waals surface area (Å²) >= 11 is 0. The lowest BCUT2D eigenvalue weighted by molar-refractivity contribution is 0.317.